The lowest BCUT2D eigenvalue weighted by molar-refractivity contribution is -0.137. The van der Waals surface area contributed by atoms with E-state index in [1.54, 1.807) is 0 Å². The molecule has 0 saturated heterocycles. The number of allylic oxidation sites excluding steroid dienone is 2. The van der Waals surface area contributed by atoms with Gasteiger partial charge in [-0.05, 0) is 13.3 Å². The SMILES string of the molecule is C/C=C/CC[S@@](=O)C[C@@H](N)C(=O)O. The van der Waals surface area contributed by atoms with Gasteiger partial charge in [0.1, 0.15) is 6.04 Å². The van der Waals surface area contributed by atoms with Crippen molar-refractivity contribution >= 4 is 16.8 Å². The van der Waals surface area contributed by atoms with Crippen molar-refractivity contribution in [1.82, 2.24) is 0 Å². The summed E-state index contributed by atoms with van der Waals surface area (Å²) in [7, 11) is -1.13. The highest BCUT2D eigenvalue weighted by atomic mass is 32.2. The Labute approximate surface area is 80.3 Å². The fourth-order valence-electron chi connectivity index (χ4n) is 0.721. The van der Waals surface area contributed by atoms with E-state index in [-0.39, 0.29) is 5.75 Å². The zero-order valence-electron chi connectivity index (χ0n) is 7.60. The van der Waals surface area contributed by atoms with Crippen LogP contribution in [0.2, 0.25) is 0 Å². The number of carboxylic acid groups (broad SMARTS) is 1. The van der Waals surface area contributed by atoms with E-state index in [2.05, 4.69) is 0 Å². The minimum atomic E-state index is -1.13. The van der Waals surface area contributed by atoms with Crippen LogP contribution in [0, 0.1) is 0 Å². The molecular weight excluding hydrogens is 190 g/mol. The van der Waals surface area contributed by atoms with E-state index in [0.717, 1.165) is 0 Å². The van der Waals surface area contributed by atoms with Crippen LogP contribution in [0.1, 0.15) is 13.3 Å². The van der Waals surface area contributed by atoms with E-state index in [9.17, 15) is 9.00 Å². The Kier molecular flexibility index (Phi) is 6.44. The van der Waals surface area contributed by atoms with Crippen molar-refractivity contribution < 1.29 is 14.1 Å². The molecule has 0 aliphatic rings. The summed E-state index contributed by atoms with van der Waals surface area (Å²) in [6, 6.07) is -1.01. The van der Waals surface area contributed by atoms with Crippen molar-refractivity contribution in [2.75, 3.05) is 11.5 Å². The summed E-state index contributed by atoms with van der Waals surface area (Å²) in [4.78, 5) is 10.3. The van der Waals surface area contributed by atoms with Gasteiger partial charge in [-0.3, -0.25) is 9.00 Å². The zero-order chi connectivity index (χ0) is 10.3. The summed E-state index contributed by atoms with van der Waals surface area (Å²) >= 11 is 0. The molecule has 0 heterocycles. The average molecular weight is 205 g/mol. The molecule has 0 aliphatic carbocycles. The standard InChI is InChI=1S/C8H15NO3S/c1-2-3-4-5-13(12)6-7(9)8(10)11/h2-3,7H,4-6,9H2,1H3,(H,10,11)/b3-2+/t7-,13-/m1/s1. The highest BCUT2D eigenvalue weighted by molar-refractivity contribution is 7.85. The molecule has 0 aliphatic heterocycles. The lowest BCUT2D eigenvalue weighted by Crippen LogP contribution is -2.35. The van der Waals surface area contributed by atoms with E-state index in [0.29, 0.717) is 12.2 Å². The number of rotatable bonds is 6. The third-order valence-corrected chi connectivity index (χ3v) is 2.85. The molecule has 0 unspecified atom stereocenters. The fourth-order valence-corrected chi connectivity index (χ4v) is 1.83. The van der Waals surface area contributed by atoms with E-state index < -0.39 is 22.8 Å². The van der Waals surface area contributed by atoms with Gasteiger partial charge in [0.05, 0.1) is 0 Å². The van der Waals surface area contributed by atoms with Gasteiger partial charge in [0.15, 0.2) is 0 Å². The molecule has 0 rings (SSSR count). The summed E-state index contributed by atoms with van der Waals surface area (Å²) in [5.74, 6) is -0.586. The van der Waals surface area contributed by atoms with E-state index >= 15 is 0 Å². The molecule has 0 aromatic carbocycles. The smallest absolute Gasteiger partial charge is 0.321 e. The van der Waals surface area contributed by atoms with Crippen LogP contribution in [-0.2, 0) is 15.6 Å². The quantitative estimate of drug-likeness (QED) is 0.603. The first-order valence-electron chi connectivity index (χ1n) is 4.02. The Bertz CT molecular complexity index is 215. The third kappa shape index (κ3) is 6.48. The molecule has 0 aromatic heterocycles. The van der Waals surface area contributed by atoms with Gasteiger partial charge in [-0.25, -0.2) is 0 Å². The predicted molar refractivity (Wildman–Crippen MR) is 52.9 cm³/mol. The number of carbonyl (C=O) groups is 1. The second kappa shape index (κ2) is 6.80. The van der Waals surface area contributed by atoms with Crippen LogP contribution in [0.25, 0.3) is 0 Å². The Balaban J connectivity index is 3.68. The third-order valence-electron chi connectivity index (χ3n) is 1.43. The molecule has 4 nitrogen and oxygen atoms in total. The Morgan fingerprint density at radius 1 is 1.69 bits per heavy atom. The molecular formula is C8H15NO3S. The van der Waals surface area contributed by atoms with Gasteiger partial charge in [0, 0.05) is 22.3 Å². The maximum absolute atomic E-state index is 11.2. The lowest BCUT2D eigenvalue weighted by Gasteiger charge is -2.04. The van der Waals surface area contributed by atoms with Gasteiger partial charge < -0.3 is 10.8 Å². The van der Waals surface area contributed by atoms with E-state index in [1.165, 1.54) is 0 Å². The van der Waals surface area contributed by atoms with Crippen LogP contribution in [0.3, 0.4) is 0 Å². The maximum Gasteiger partial charge on any atom is 0.321 e. The van der Waals surface area contributed by atoms with Gasteiger partial charge in [-0.1, -0.05) is 12.2 Å². The molecule has 13 heavy (non-hydrogen) atoms. The van der Waals surface area contributed by atoms with Crippen molar-refractivity contribution in [2.45, 2.75) is 19.4 Å². The minimum absolute atomic E-state index is 0.0346. The number of carboxylic acids is 1. The highest BCUT2D eigenvalue weighted by Crippen LogP contribution is 1.92. The second-order valence-electron chi connectivity index (χ2n) is 2.61. The number of aliphatic carboxylic acids is 1. The molecule has 0 bridgehead atoms. The van der Waals surface area contributed by atoms with Gasteiger partial charge in [-0.15, -0.1) is 0 Å². The summed E-state index contributed by atoms with van der Waals surface area (Å²) in [5, 5.41) is 8.43. The van der Waals surface area contributed by atoms with Crippen LogP contribution in [-0.4, -0.2) is 32.8 Å². The second-order valence-corrected chi connectivity index (χ2v) is 4.23. The fraction of sp³-hybridized carbons (Fsp3) is 0.625. The average Bonchev–Trinajstić information content (AvgIpc) is 2.04. The molecule has 0 spiro atoms. The first-order valence-corrected chi connectivity index (χ1v) is 5.51. The molecule has 3 N–H and O–H groups in total. The first-order chi connectivity index (χ1) is 6.07. The van der Waals surface area contributed by atoms with Crippen molar-refractivity contribution in [3.8, 4) is 0 Å². The number of hydrogen-bond acceptors (Lipinski definition) is 3. The summed E-state index contributed by atoms with van der Waals surface area (Å²) < 4.78 is 11.2. The van der Waals surface area contributed by atoms with Crippen molar-refractivity contribution in [1.29, 1.82) is 0 Å². The summed E-state index contributed by atoms with van der Waals surface area (Å²) in [6.07, 6.45) is 4.47. The Morgan fingerprint density at radius 3 is 2.77 bits per heavy atom. The molecule has 0 saturated carbocycles. The predicted octanol–water partition coefficient (Wildman–Crippen LogP) is 0.113. The molecule has 0 radical (unpaired) electrons. The van der Waals surface area contributed by atoms with Gasteiger partial charge in [0.2, 0.25) is 0 Å². The van der Waals surface area contributed by atoms with Gasteiger partial charge in [-0.2, -0.15) is 0 Å². The van der Waals surface area contributed by atoms with Crippen LogP contribution in [0.15, 0.2) is 12.2 Å². The minimum Gasteiger partial charge on any atom is -0.480 e. The van der Waals surface area contributed by atoms with Crippen LogP contribution in [0.4, 0.5) is 0 Å². The number of hydrogen-bond donors (Lipinski definition) is 2. The van der Waals surface area contributed by atoms with E-state index in [1.807, 2.05) is 19.1 Å². The lowest BCUT2D eigenvalue weighted by atomic mass is 10.4. The van der Waals surface area contributed by atoms with Crippen LogP contribution in [0.5, 0.6) is 0 Å². The van der Waals surface area contributed by atoms with Crippen molar-refractivity contribution in [3.63, 3.8) is 0 Å². The Hall–Kier alpha value is -0.680. The van der Waals surface area contributed by atoms with Gasteiger partial charge >= 0.3 is 5.97 Å². The topological polar surface area (TPSA) is 80.4 Å². The molecule has 0 amide bonds. The number of nitrogens with two attached hydrogens (primary N) is 1. The molecule has 2 atom stereocenters. The van der Waals surface area contributed by atoms with Crippen molar-refractivity contribution in [2.24, 2.45) is 5.73 Å². The maximum atomic E-state index is 11.2. The first kappa shape index (κ1) is 12.3. The van der Waals surface area contributed by atoms with Crippen LogP contribution >= 0.6 is 0 Å². The van der Waals surface area contributed by atoms with Gasteiger partial charge in [0.25, 0.3) is 0 Å². The molecule has 0 aromatic rings. The highest BCUT2D eigenvalue weighted by Gasteiger charge is 2.14. The van der Waals surface area contributed by atoms with Crippen LogP contribution < -0.4 is 5.73 Å². The molecule has 76 valence electrons. The zero-order valence-corrected chi connectivity index (χ0v) is 8.42. The molecule has 5 heteroatoms. The normalized spacial score (nSPS) is 15.8. The van der Waals surface area contributed by atoms with Crippen molar-refractivity contribution in [3.05, 3.63) is 12.2 Å². The Morgan fingerprint density at radius 2 is 2.31 bits per heavy atom. The summed E-state index contributed by atoms with van der Waals surface area (Å²) in [6.45, 7) is 1.88. The van der Waals surface area contributed by atoms with E-state index in [4.69, 9.17) is 10.8 Å². The molecule has 0 fully saturated rings. The summed E-state index contributed by atoms with van der Waals surface area (Å²) in [5.41, 5.74) is 5.21. The largest absolute Gasteiger partial charge is 0.480 e. The monoisotopic (exact) mass is 205 g/mol.